The summed E-state index contributed by atoms with van der Waals surface area (Å²) in [6.45, 7) is 4.38. The molecule has 1 fully saturated rings. The molecule has 0 aliphatic carbocycles. The van der Waals surface area contributed by atoms with E-state index in [4.69, 9.17) is 11.1 Å². The molecule has 0 amide bonds. The second-order valence-corrected chi connectivity index (χ2v) is 5.41. The molecule has 0 spiro atoms. The van der Waals surface area contributed by atoms with Gasteiger partial charge in [0.2, 0.25) is 0 Å². The number of hydrogen-bond acceptors (Lipinski definition) is 2. The van der Waals surface area contributed by atoms with Gasteiger partial charge in [-0.25, -0.2) is 0 Å². The van der Waals surface area contributed by atoms with Crippen molar-refractivity contribution < 1.29 is 0 Å². The lowest BCUT2D eigenvalue weighted by molar-refractivity contribution is 0.569. The van der Waals surface area contributed by atoms with Crippen LogP contribution in [0, 0.1) is 11.3 Å². The van der Waals surface area contributed by atoms with Crippen molar-refractivity contribution in [1.82, 2.24) is 0 Å². The number of rotatable bonds is 3. The summed E-state index contributed by atoms with van der Waals surface area (Å²) in [5.74, 6) is 0.904. The summed E-state index contributed by atoms with van der Waals surface area (Å²) in [7, 11) is 0. The van der Waals surface area contributed by atoms with Crippen molar-refractivity contribution in [1.29, 1.82) is 5.41 Å². The minimum absolute atomic E-state index is 0.132. The molecule has 3 nitrogen and oxygen atoms in total. The lowest BCUT2D eigenvalue weighted by Crippen LogP contribution is -2.24. The average Bonchev–Trinajstić information content (AvgIpc) is 2.76. The summed E-state index contributed by atoms with van der Waals surface area (Å²) in [4.78, 5) is 2.34. The maximum atomic E-state index is 7.70. The summed E-state index contributed by atoms with van der Waals surface area (Å²) >= 11 is 3.48. The van der Waals surface area contributed by atoms with Crippen LogP contribution in [0.4, 0.5) is 5.69 Å². The highest BCUT2D eigenvalue weighted by molar-refractivity contribution is 9.10. The molecule has 1 aromatic rings. The van der Waals surface area contributed by atoms with E-state index in [2.05, 4.69) is 33.8 Å². The quantitative estimate of drug-likeness (QED) is 0.665. The molecule has 0 aromatic heterocycles. The summed E-state index contributed by atoms with van der Waals surface area (Å²) in [5.41, 5.74) is 7.59. The van der Waals surface area contributed by atoms with Gasteiger partial charge in [0.1, 0.15) is 5.84 Å². The van der Waals surface area contributed by atoms with Crippen LogP contribution in [0.15, 0.2) is 22.7 Å². The molecule has 3 N–H and O–H groups in total. The zero-order chi connectivity index (χ0) is 12.4. The van der Waals surface area contributed by atoms with E-state index in [1.165, 1.54) is 12.8 Å². The maximum Gasteiger partial charge on any atom is 0.126 e. The largest absolute Gasteiger partial charge is 0.384 e. The highest BCUT2D eigenvalue weighted by atomic mass is 79.9. The molecule has 1 heterocycles. The fourth-order valence-electron chi connectivity index (χ4n) is 2.43. The van der Waals surface area contributed by atoms with Crippen molar-refractivity contribution in [2.45, 2.75) is 19.8 Å². The van der Waals surface area contributed by atoms with Crippen LogP contribution >= 0.6 is 15.9 Å². The third-order valence-electron chi connectivity index (χ3n) is 3.46. The summed E-state index contributed by atoms with van der Waals surface area (Å²) in [6, 6.07) is 6.00. The van der Waals surface area contributed by atoms with Crippen LogP contribution < -0.4 is 10.6 Å². The molecule has 92 valence electrons. The van der Waals surface area contributed by atoms with Crippen LogP contribution in [0.5, 0.6) is 0 Å². The number of nitrogen functional groups attached to an aromatic ring is 1. The Morgan fingerprint density at radius 1 is 1.59 bits per heavy atom. The molecule has 1 aliphatic heterocycles. The summed E-state index contributed by atoms with van der Waals surface area (Å²) in [6.07, 6.45) is 2.46. The molecule has 4 heteroatoms. The molecule has 0 bridgehead atoms. The Morgan fingerprint density at radius 2 is 2.35 bits per heavy atom. The Balaban J connectivity index is 2.33. The van der Waals surface area contributed by atoms with Crippen molar-refractivity contribution in [3.63, 3.8) is 0 Å². The fraction of sp³-hybridized carbons (Fsp3) is 0.462. The van der Waals surface area contributed by atoms with Crippen LogP contribution in [-0.2, 0) is 0 Å². The Hall–Kier alpha value is -1.03. The van der Waals surface area contributed by atoms with Crippen LogP contribution in [0.25, 0.3) is 0 Å². The number of nitrogens with two attached hydrogens (primary N) is 1. The highest BCUT2D eigenvalue weighted by Gasteiger charge is 2.24. The molecule has 1 unspecified atom stereocenters. The van der Waals surface area contributed by atoms with Gasteiger partial charge >= 0.3 is 0 Å². The van der Waals surface area contributed by atoms with Gasteiger partial charge in [-0.2, -0.15) is 0 Å². The van der Waals surface area contributed by atoms with Crippen LogP contribution in [0.2, 0.25) is 0 Å². The normalized spacial score (nSPS) is 19.6. The predicted octanol–water partition coefficient (Wildman–Crippen LogP) is 2.97. The van der Waals surface area contributed by atoms with Gasteiger partial charge in [-0.3, -0.25) is 5.41 Å². The molecule has 17 heavy (non-hydrogen) atoms. The van der Waals surface area contributed by atoms with Gasteiger partial charge in [-0.1, -0.05) is 19.4 Å². The standard InChI is InChI=1S/C13H18BrN3/c1-2-9-6-7-17(8-9)11-5-3-4-10(14)12(11)13(15)16/h3-5,9H,2,6-8H2,1H3,(H3,15,16). The molecule has 1 saturated heterocycles. The number of nitrogens with zero attached hydrogens (tertiary/aromatic N) is 1. The smallest absolute Gasteiger partial charge is 0.126 e. The van der Waals surface area contributed by atoms with E-state index < -0.39 is 0 Å². The van der Waals surface area contributed by atoms with Crippen LogP contribution in [0.1, 0.15) is 25.3 Å². The number of amidine groups is 1. The van der Waals surface area contributed by atoms with E-state index in [1.807, 2.05) is 12.1 Å². The maximum absolute atomic E-state index is 7.70. The molecule has 1 aliphatic rings. The van der Waals surface area contributed by atoms with Crippen molar-refractivity contribution >= 4 is 27.5 Å². The van der Waals surface area contributed by atoms with Crippen LogP contribution in [-0.4, -0.2) is 18.9 Å². The minimum atomic E-state index is 0.132. The van der Waals surface area contributed by atoms with Crippen molar-refractivity contribution in [3.05, 3.63) is 28.2 Å². The van der Waals surface area contributed by atoms with E-state index in [-0.39, 0.29) is 5.84 Å². The van der Waals surface area contributed by atoms with Gasteiger partial charge in [0, 0.05) is 23.2 Å². The van der Waals surface area contributed by atoms with E-state index in [1.54, 1.807) is 0 Å². The third kappa shape index (κ3) is 2.46. The van der Waals surface area contributed by atoms with Crippen molar-refractivity contribution in [3.8, 4) is 0 Å². The summed E-state index contributed by atoms with van der Waals surface area (Å²) in [5, 5.41) is 7.70. The summed E-state index contributed by atoms with van der Waals surface area (Å²) < 4.78 is 0.905. The van der Waals surface area contributed by atoms with Gasteiger partial charge in [-0.15, -0.1) is 0 Å². The van der Waals surface area contributed by atoms with E-state index in [0.717, 1.165) is 34.7 Å². The Kier molecular flexibility index (Phi) is 3.72. The zero-order valence-electron chi connectivity index (χ0n) is 10.0. The van der Waals surface area contributed by atoms with Gasteiger partial charge in [0.05, 0.1) is 5.56 Å². The van der Waals surface area contributed by atoms with E-state index in [0.29, 0.717) is 0 Å². The second-order valence-electron chi connectivity index (χ2n) is 4.56. The number of anilines is 1. The number of nitrogens with one attached hydrogen (secondary N) is 1. The first kappa shape index (κ1) is 12.4. The third-order valence-corrected chi connectivity index (χ3v) is 4.13. The zero-order valence-corrected chi connectivity index (χ0v) is 11.6. The Bertz CT molecular complexity index is 431. The fourth-order valence-corrected chi connectivity index (χ4v) is 3.00. The van der Waals surface area contributed by atoms with Crippen LogP contribution in [0.3, 0.4) is 0 Å². The highest BCUT2D eigenvalue weighted by Crippen LogP contribution is 2.31. The molecule has 2 rings (SSSR count). The topological polar surface area (TPSA) is 53.1 Å². The molecular weight excluding hydrogens is 278 g/mol. The molecular formula is C13H18BrN3. The average molecular weight is 296 g/mol. The monoisotopic (exact) mass is 295 g/mol. The number of hydrogen-bond donors (Lipinski definition) is 2. The van der Waals surface area contributed by atoms with Crippen molar-refractivity contribution in [2.24, 2.45) is 11.7 Å². The first-order chi connectivity index (χ1) is 8.13. The molecule has 0 saturated carbocycles. The SMILES string of the molecule is CCC1CCN(c2cccc(Br)c2C(=N)N)C1. The number of halogens is 1. The van der Waals surface area contributed by atoms with E-state index in [9.17, 15) is 0 Å². The number of benzene rings is 1. The molecule has 0 radical (unpaired) electrons. The van der Waals surface area contributed by atoms with Gasteiger partial charge in [0.25, 0.3) is 0 Å². The lowest BCUT2D eigenvalue weighted by atomic mass is 10.1. The first-order valence-corrected chi connectivity index (χ1v) is 6.80. The Morgan fingerprint density at radius 3 is 2.94 bits per heavy atom. The predicted molar refractivity (Wildman–Crippen MR) is 75.8 cm³/mol. The first-order valence-electron chi connectivity index (χ1n) is 6.01. The lowest BCUT2D eigenvalue weighted by Gasteiger charge is -2.22. The molecule has 1 atom stereocenters. The van der Waals surface area contributed by atoms with Gasteiger partial charge in [0.15, 0.2) is 0 Å². The second kappa shape index (κ2) is 5.08. The van der Waals surface area contributed by atoms with E-state index >= 15 is 0 Å². The Labute approximate surface area is 111 Å². The van der Waals surface area contributed by atoms with Crippen molar-refractivity contribution in [2.75, 3.05) is 18.0 Å². The molecule has 1 aromatic carbocycles. The van der Waals surface area contributed by atoms with Gasteiger partial charge in [-0.05, 0) is 40.4 Å². The van der Waals surface area contributed by atoms with Gasteiger partial charge < -0.3 is 10.6 Å². The minimum Gasteiger partial charge on any atom is -0.384 e.